The molecule has 0 spiro atoms. The zero-order valence-corrected chi connectivity index (χ0v) is 18.9. The van der Waals surface area contributed by atoms with Crippen LogP contribution < -0.4 is 5.32 Å². The number of hydrogen-bond donors (Lipinski definition) is 1. The van der Waals surface area contributed by atoms with Crippen molar-refractivity contribution in [3.63, 3.8) is 0 Å². The van der Waals surface area contributed by atoms with Gasteiger partial charge in [-0.1, -0.05) is 19.1 Å². The molecular formula is C23H27FN2O5S. The normalized spacial score (nSPS) is 18.0. The molecule has 9 heteroatoms. The first-order valence-electron chi connectivity index (χ1n) is 10.6. The summed E-state index contributed by atoms with van der Waals surface area (Å²) in [6.07, 6.45) is 0.792. The third-order valence-electron chi connectivity index (χ3n) is 5.46. The lowest BCUT2D eigenvalue weighted by molar-refractivity contribution is -0.158. The number of carbonyl (C=O) groups is 2. The Bertz CT molecular complexity index is 1050. The lowest BCUT2D eigenvalue weighted by atomic mass is 10.00. The highest BCUT2D eigenvalue weighted by atomic mass is 32.2. The number of rotatable bonds is 7. The van der Waals surface area contributed by atoms with Crippen LogP contribution in [0.15, 0.2) is 53.4 Å². The van der Waals surface area contributed by atoms with E-state index in [0.29, 0.717) is 18.5 Å². The molecule has 2 unspecified atom stereocenters. The van der Waals surface area contributed by atoms with Gasteiger partial charge in [0.25, 0.3) is 5.91 Å². The molecule has 2 aromatic rings. The maximum absolute atomic E-state index is 13.1. The molecule has 1 heterocycles. The average molecular weight is 463 g/mol. The van der Waals surface area contributed by atoms with Crippen LogP contribution in [-0.2, 0) is 30.8 Å². The van der Waals surface area contributed by atoms with Crippen LogP contribution in [0.25, 0.3) is 0 Å². The van der Waals surface area contributed by atoms with Crippen molar-refractivity contribution in [3.8, 4) is 0 Å². The fraction of sp³-hybridized carbons (Fsp3) is 0.391. The number of aryl methyl sites for hydroxylation is 1. The Morgan fingerprint density at radius 1 is 1.16 bits per heavy atom. The number of esters is 1. The molecule has 0 bridgehead atoms. The van der Waals surface area contributed by atoms with Gasteiger partial charge in [0.15, 0.2) is 6.10 Å². The van der Waals surface area contributed by atoms with E-state index in [-0.39, 0.29) is 18.0 Å². The number of hydrogen-bond acceptors (Lipinski definition) is 5. The van der Waals surface area contributed by atoms with Gasteiger partial charge in [-0.3, -0.25) is 9.59 Å². The summed E-state index contributed by atoms with van der Waals surface area (Å²) in [5, 5.41) is 2.71. The first-order chi connectivity index (χ1) is 15.2. The van der Waals surface area contributed by atoms with E-state index in [1.54, 1.807) is 12.1 Å². The molecule has 0 aliphatic carbocycles. The van der Waals surface area contributed by atoms with Crippen molar-refractivity contribution in [3.05, 3.63) is 59.9 Å². The van der Waals surface area contributed by atoms with Gasteiger partial charge in [-0.2, -0.15) is 4.31 Å². The maximum atomic E-state index is 13.1. The Labute approximate surface area is 187 Å². The van der Waals surface area contributed by atoms with Crippen molar-refractivity contribution in [2.24, 2.45) is 5.92 Å². The maximum Gasteiger partial charge on any atom is 0.311 e. The van der Waals surface area contributed by atoms with Crippen molar-refractivity contribution in [1.82, 2.24) is 4.31 Å². The average Bonchev–Trinajstić information content (AvgIpc) is 2.79. The molecule has 0 aromatic heterocycles. The molecule has 1 saturated heterocycles. The number of benzene rings is 2. The van der Waals surface area contributed by atoms with Gasteiger partial charge in [0.2, 0.25) is 10.0 Å². The number of piperidine rings is 1. The summed E-state index contributed by atoms with van der Waals surface area (Å²) in [5.74, 6) is -2.29. The standard InChI is InChI=1S/C23H27FN2O5S/c1-3-17-6-10-20(11-7-17)25-22(27)16(2)31-23(28)18-5-4-14-26(15-18)32(29,30)21-12-8-19(24)9-13-21/h6-13,16,18H,3-5,14-15H2,1-2H3,(H,25,27). The highest BCUT2D eigenvalue weighted by molar-refractivity contribution is 7.89. The zero-order valence-electron chi connectivity index (χ0n) is 18.1. The number of sulfonamides is 1. The largest absolute Gasteiger partial charge is 0.452 e. The van der Waals surface area contributed by atoms with E-state index in [9.17, 15) is 22.4 Å². The summed E-state index contributed by atoms with van der Waals surface area (Å²) in [7, 11) is -3.86. The summed E-state index contributed by atoms with van der Waals surface area (Å²) < 4.78 is 45.3. The molecule has 1 aliphatic heterocycles. The molecule has 1 fully saturated rings. The van der Waals surface area contributed by atoms with Gasteiger partial charge < -0.3 is 10.1 Å². The second-order valence-electron chi connectivity index (χ2n) is 7.77. The second kappa shape index (κ2) is 10.2. The lowest BCUT2D eigenvalue weighted by Crippen LogP contribution is -2.43. The van der Waals surface area contributed by atoms with Crippen molar-refractivity contribution in [2.45, 2.75) is 44.1 Å². The second-order valence-corrected chi connectivity index (χ2v) is 9.71. The number of amides is 1. The van der Waals surface area contributed by atoms with Crippen molar-refractivity contribution in [1.29, 1.82) is 0 Å². The van der Waals surface area contributed by atoms with Crippen LogP contribution in [0.3, 0.4) is 0 Å². The molecule has 2 atom stereocenters. The fourth-order valence-electron chi connectivity index (χ4n) is 3.50. The van der Waals surface area contributed by atoms with E-state index in [4.69, 9.17) is 4.74 Å². The summed E-state index contributed by atoms with van der Waals surface area (Å²) in [6, 6.07) is 11.9. The summed E-state index contributed by atoms with van der Waals surface area (Å²) in [5.41, 5.74) is 1.74. The number of halogens is 1. The third-order valence-corrected chi connectivity index (χ3v) is 7.34. The third kappa shape index (κ3) is 5.72. The van der Waals surface area contributed by atoms with Gasteiger partial charge in [-0.05, 0) is 68.1 Å². The molecule has 1 N–H and O–H groups in total. The van der Waals surface area contributed by atoms with Crippen LogP contribution in [0.1, 0.15) is 32.3 Å². The van der Waals surface area contributed by atoms with Crippen LogP contribution in [-0.4, -0.2) is 43.8 Å². The number of anilines is 1. The predicted molar refractivity (Wildman–Crippen MR) is 118 cm³/mol. The zero-order chi connectivity index (χ0) is 23.3. The predicted octanol–water partition coefficient (Wildman–Crippen LogP) is 3.36. The highest BCUT2D eigenvalue weighted by Gasteiger charge is 2.35. The first kappa shape index (κ1) is 23.9. The van der Waals surface area contributed by atoms with E-state index in [2.05, 4.69) is 5.32 Å². The van der Waals surface area contributed by atoms with E-state index >= 15 is 0 Å². The monoisotopic (exact) mass is 462 g/mol. The number of nitrogens with zero attached hydrogens (tertiary/aromatic N) is 1. The van der Waals surface area contributed by atoms with E-state index < -0.39 is 39.7 Å². The minimum atomic E-state index is -3.86. The molecule has 172 valence electrons. The van der Waals surface area contributed by atoms with E-state index in [0.717, 1.165) is 24.1 Å². The molecule has 1 amide bonds. The number of carbonyl (C=O) groups excluding carboxylic acids is 2. The van der Waals surface area contributed by atoms with Gasteiger partial charge in [0.1, 0.15) is 5.82 Å². The van der Waals surface area contributed by atoms with Crippen LogP contribution in [0.5, 0.6) is 0 Å². The van der Waals surface area contributed by atoms with E-state index in [1.165, 1.54) is 23.4 Å². The van der Waals surface area contributed by atoms with Gasteiger partial charge >= 0.3 is 5.97 Å². The Morgan fingerprint density at radius 3 is 2.44 bits per heavy atom. The summed E-state index contributed by atoms with van der Waals surface area (Å²) >= 11 is 0. The highest BCUT2D eigenvalue weighted by Crippen LogP contribution is 2.25. The molecule has 32 heavy (non-hydrogen) atoms. The van der Waals surface area contributed by atoms with Gasteiger partial charge in [0.05, 0.1) is 10.8 Å². The molecule has 3 rings (SSSR count). The molecule has 1 aliphatic rings. The van der Waals surface area contributed by atoms with Gasteiger partial charge in [-0.15, -0.1) is 0 Å². The molecule has 2 aromatic carbocycles. The van der Waals surface area contributed by atoms with Crippen LogP contribution in [0.2, 0.25) is 0 Å². The van der Waals surface area contributed by atoms with Crippen LogP contribution in [0, 0.1) is 11.7 Å². The summed E-state index contributed by atoms with van der Waals surface area (Å²) in [6.45, 7) is 3.72. The van der Waals surface area contributed by atoms with Crippen molar-refractivity contribution < 1.29 is 27.1 Å². The van der Waals surface area contributed by atoms with Crippen LogP contribution in [0.4, 0.5) is 10.1 Å². The number of ether oxygens (including phenoxy) is 1. The number of nitrogens with one attached hydrogen (secondary N) is 1. The SMILES string of the molecule is CCc1ccc(NC(=O)C(C)OC(=O)C2CCCN(S(=O)(=O)c3ccc(F)cc3)C2)cc1. The van der Waals surface area contributed by atoms with Gasteiger partial charge in [0, 0.05) is 18.8 Å². The Hall–Kier alpha value is -2.78. The molecule has 0 saturated carbocycles. The smallest absolute Gasteiger partial charge is 0.311 e. The topological polar surface area (TPSA) is 92.8 Å². The Kier molecular flexibility index (Phi) is 7.63. The summed E-state index contributed by atoms with van der Waals surface area (Å²) in [4.78, 5) is 25.0. The molecular weight excluding hydrogens is 435 g/mol. The lowest BCUT2D eigenvalue weighted by Gasteiger charge is -2.31. The Morgan fingerprint density at radius 2 is 1.81 bits per heavy atom. The quantitative estimate of drug-likeness (QED) is 0.637. The van der Waals surface area contributed by atoms with Crippen LogP contribution >= 0.6 is 0 Å². The Balaban J connectivity index is 1.59. The minimum absolute atomic E-state index is 0.0326. The first-order valence-corrected chi connectivity index (χ1v) is 12.0. The van der Waals surface area contributed by atoms with E-state index in [1.807, 2.05) is 19.1 Å². The minimum Gasteiger partial charge on any atom is -0.452 e. The molecule has 7 nitrogen and oxygen atoms in total. The van der Waals surface area contributed by atoms with Gasteiger partial charge in [-0.25, -0.2) is 12.8 Å². The van der Waals surface area contributed by atoms with Crippen molar-refractivity contribution in [2.75, 3.05) is 18.4 Å². The van der Waals surface area contributed by atoms with Crippen molar-refractivity contribution >= 4 is 27.6 Å². The fourth-order valence-corrected chi connectivity index (χ4v) is 5.02. The molecule has 0 radical (unpaired) electrons.